The molecule has 1 aliphatic rings. The highest BCUT2D eigenvalue weighted by molar-refractivity contribution is 5.79. The second-order valence-corrected chi connectivity index (χ2v) is 6.17. The second-order valence-electron chi connectivity index (χ2n) is 6.17. The van der Waals surface area contributed by atoms with Crippen LogP contribution in [0.4, 0.5) is 5.82 Å². The SMILES string of the molecule is CCN(CC)C(=O)C1CCCN(c2cc(C)c(C#N)c(C)n2)C1. The van der Waals surface area contributed by atoms with E-state index in [1.807, 2.05) is 38.7 Å². The molecule has 0 saturated carbocycles. The van der Waals surface area contributed by atoms with Gasteiger partial charge in [-0.25, -0.2) is 4.98 Å². The fraction of sp³-hybridized carbons (Fsp3) is 0.611. The van der Waals surface area contributed by atoms with Crippen LogP contribution in [0.25, 0.3) is 0 Å². The highest BCUT2D eigenvalue weighted by Gasteiger charge is 2.29. The maximum Gasteiger partial charge on any atom is 0.227 e. The molecule has 0 spiro atoms. The number of pyridine rings is 1. The Kier molecular flexibility index (Phi) is 5.59. The average molecular weight is 314 g/mol. The molecule has 0 N–H and O–H groups in total. The van der Waals surface area contributed by atoms with Gasteiger partial charge >= 0.3 is 0 Å². The van der Waals surface area contributed by atoms with E-state index in [0.717, 1.165) is 49.6 Å². The van der Waals surface area contributed by atoms with Crippen LogP contribution < -0.4 is 4.90 Å². The summed E-state index contributed by atoms with van der Waals surface area (Å²) < 4.78 is 0. The number of carbonyl (C=O) groups is 1. The number of anilines is 1. The molecule has 1 atom stereocenters. The molecule has 1 aromatic heterocycles. The summed E-state index contributed by atoms with van der Waals surface area (Å²) in [6, 6.07) is 4.18. The van der Waals surface area contributed by atoms with Gasteiger partial charge in [-0.05, 0) is 52.2 Å². The zero-order valence-electron chi connectivity index (χ0n) is 14.6. The number of carbonyl (C=O) groups excluding carboxylic acids is 1. The standard InChI is InChI=1S/C18H26N4O/c1-5-21(6-2)18(23)15-8-7-9-22(12-15)17-10-13(3)16(11-19)14(4)20-17/h10,15H,5-9,12H2,1-4H3. The predicted octanol–water partition coefficient (Wildman–Crippen LogP) is 2.65. The summed E-state index contributed by atoms with van der Waals surface area (Å²) in [6.07, 6.45) is 1.94. The molecular weight excluding hydrogens is 288 g/mol. The van der Waals surface area contributed by atoms with Crippen molar-refractivity contribution >= 4 is 11.7 Å². The monoisotopic (exact) mass is 314 g/mol. The third-order valence-corrected chi connectivity index (χ3v) is 4.67. The lowest BCUT2D eigenvalue weighted by atomic mass is 9.96. The van der Waals surface area contributed by atoms with Gasteiger partial charge in [0.2, 0.25) is 5.91 Å². The van der Waals surface area contributed by atoms with E-state index < -0.39 is 0 Å². The zero-order valence-corrected chi connectivity index (χ0v) is 14.6. The molecule has 5 heteroatoms. The van der Waals surface area contributed by atoms with E-state index in [1.165, 1.54) is 0 Å². The van der Waals surface area contributed by atoms with E-state index in [2.05, 4.69) is 16.0 Å². The van der Waals surface area contributed by atoms with Crippen LogP contribution in [-0.4, -0.2) is 42.0 Å². The second kappa shape index (κ2) is 7.45. The zero-order chi connectivity index (χ0) is 17.0. The maximum absolute atomic E-state index is 12.6. The van der Waals surface area contributed by atoms with Crippen LogP contribution in [0.15, 0.2) is 6.07 Å². The molecule has 23 heavy (non-hydrogen) atoms. The smallest absolute Gasteiger partial charge is 0.227 e. The van der Waals surface area contributed by atoms with Gasteiger partial charge in [0.05, 0.1) is 17.2 Å². The number of hydrogen-bond acceptors (Lipinski definition) is 4. The van der Waals surface area contributed by atoms with Gasteiger partial charge in [-0.2, -0.15) is 5.26 Å². The van der Waals surface area contributed by atoms with Crippen LogP contribution in [0.5, 0.6) is 0 Å². The summed E-state index contributed by atoms with van der Waals surface area (Å²) in [6.45, 7) is 11.0. The Bertz CT molecular complexity index is 593. The number of aryl methyl sites for hydroxylation is 2. The van der Waals surface area contributed by atoms with Gasteiger partial charge in [0, 0.05) is 26.2 Å². The number of aromatic nitrogens is 1. The largest absolute Gasteiger partial charge is 0.356 e. The number of nitrogens with zero attached hydrogens (tertiary/aromatic N) is 4. The molecule has 1 fully saturated rings. The summed E-state index contributed by atoms with van der Waals surface area (Å²) in [5, 5.41) is 9.18. The fourth-order valence-corrected chi connectivity index (χ4v) is 3.32. The van der Waals surface area contributed by atoms with Crippen LogP contribution in [0.3, 0.4) is 0 Å². The molecular formula is C18H26N4O. The summed E-state index contributed by atoms with van der Waals surface area (Å²) >= 11 is 0. The van der Waals surface area contributed by atoms with Crippen molar-refractivity contribution < 1.29 is 4.79 Å². The number of amides is 1. The van der Waals surface area contributed by atoms with Gasteiger partial charge in [0.1, 0.15) is 11.9 Å². The van der Waals surface area contributed by atoms with Crippen molar-refractivity contribution in [2.24, 2.45) is 5.92 Å². The Morgan fingerprint density at radius 1 is 1.43 bits per heavy atom. The Balaban J connectivity index is 2.19. The molecule has 0 aliphatic carbocycles. The molecule has 2 rings (SSSR count). The van der Waals surface area contributed by atoms with E-state index in [4.69, 9.17) is 0 Å². The van der Waals surface area contributed by atoms with Crippen molar-refractivity contribution in [3.05, 3.63) is 22.9 Å². The first-order valence-electron chi connectivity index (χ1n) is 8.43. The van der Waals surface area contributed by atoms with Crippen LogP contribution in [0.2, 0.25) is 0 Å². The first-order chi connectivity index (χ1) is 11.0. The van der Waals surface area contributed by atoms with Crippen molar-refractivity contribution in [1.82, 2.24) is 9.88 Å². The van der Waals surface area contributed by atoms with Crippen LogP contribution in [0.1, 0.15) is 43.5 Å². The van der Waals surface area contributed by atoms with Gasteiger partial charge in [-0.1, -0.05) is 0 Å². The number of piperidine rings is 1. The van der Waals surface area contributed by atoms with Gasteiger partial charge < -0.3 is 9.80 Å². The van der Waals surface area contributed by atoms with Crippen LogP contribution in [-0.2, 0) is 4.79 Å². The van der Waals surface area contributed by atoms with Crippen LogP contribution >= 0.6 is 0 Å². The highest BCUT2D eigenvalue weighted by Crippen LogP contribution is 2.25. The topological polar surface area (TPSA) is 60.2 Å². The maximum atomic E-state index is 12.6. The van der Waals surface area contributed by atoms with Crippen molar-refractivity contribution in [2.45, 2.75) is 40.5 Å². The number of nitriles is 1. The molecule has 0 radical (unpaired) electrons. The quantitative estimate of drug-likeness (QED) is 0.857. The van der Waals surface area contributed by atoms with Crippen LogP contribution in [0, 0.1) is 31.1 Å². The minimum Gasteiger partial charge on any atom is -0.356 e. The lowest BCUT2D eigenvalue weighted by molar-refractivity contribution is -0.135. The van der Waals surface area contributed by atoms with Crippen molar-refractivity contribution in [2.75, 3.05) is 31.1 Å². The van der Waals surface area contributed by atoms with Gasteiger partial charge in [0.15, 0.2) is 0 Å². The molecule has 0 aromatic carbocycles. The fourth-order valence-electron chi connectivity index (χ4n) is 3.32. The normalized spacial score (nSPS) is 17.7. The molecule has 2 heterocycles. The van der Waals surface area contributed by atoms with Gasteiger partial charge in [-0.15, -0.1) is 0 Å². The van der Waals surface area contributed by atoms with E-state index in [9.17, 15) is 10.1 Å². The Morgan fingerprint density at radius 2 is 2.13 bits per heavy atom. The Hall–Kier alpha value is -2.09. The summed E-state index contributed by atoms with van der Waals surface area (Å²) in [5.41, 5.74) is 2.37. The Labute approximate surface area is 138 Å². The molecule has 1 aliphatic heterocycles. The van der Waals surface area contributed by atoms with E-state index in [0.29, 0.717) is 12.1 Å². The minimum atomic E-state index is 0.0432. The third kappa shape index (κ3) is 3.64. The molecule has 1 aromatic rings. The molecule has 1 amide bonds. The minimum absolute atomic E-state index is 0.0432. The number of rotatable bonds is 4. The number of hydrogen-bond donors (Lipinski definition) is 0. The summed E-state index contributed by atoms with van der Waals surface area (Å²) in [7, 11) is 0. The Morgan fingerprint density at radius 3 is 2.70 bits per heavy atom. The van der Waals surface area contributed by atoms with Crippen molar-refractivity contribution in [3.63, 3.8) is 0 Å². The van der Waals surface area contributed by atoms with Crippen molar-refractivity contribution in [1.29, 1.82) is 5.26 Å². The summed E-state index contributed by atoms with van der Waals surface area (Å²) in [4.78, 5) is 21.3. The van der Waals surface area contributed by atoms with Crippen molar-refractivity contribution in [3.8, 4) is 6.07 Å². The molecule has 1 unspecified atom stereocenters. The molecule has 1 saturated heterocycles. The first-order valence-corrected chi connectivity index (χ1v) is 8.43. The molecule has 0 bridgehead atoms. The highest BCUT2D eigenvalue weighted by atomic mass is 16.2. The first kappa shape index (κ1) is 17.3. The lowest BCUT2D eigenvalue weighted by Crippen LogP contribution is -2.45. The lowest BCUT2D eigenvalue weighted by Gasteiger charge is -2.35. The van der Waals surface area contributed by atoms with E-state index in [-0.39, 0.29) is 11.8 Å². The third-order valence-electron chi connectivity index (χ3n) is 4.67. The summed E-state index contributed by atoms with van der Waals surface area (Å²) in [5.74, 6) is 1.18. The molecule has 124 valence electrons. The van der Waals surface area contributed by atoms with E-state index >= 15 is 0 Å². The molecule has 5 nitrogen and oxygen atoms in total. The average Bonchev–Trinajstić information content (AvgIpc) is 2.55. The van der Waals surface area contributed by atoms with Gasteiger partial charge in [-0.3, -0.25) is 4.79 Å². The van der Waals surface area contributed by atoms with E-state index in [1.54, 1.807) is 0 Å². The van der Waals surface area contributed by atoms with Gasteiger partial charge in [0.25, 0.3) is 0 Å². The predicted molar refractivity (Wildman–Crippen MR) is 91.3 cm³/mol.